The fourth-order valence-electron chi connectivity index (χ4n) is 4.87. The second-order valence-electron chi connectivity index (χ2n) is 8.86. The summed E-state index contributed by atoms with van der Waals surface area (Å²) in [5, 5.41) is 3.90. The monoisotopic (exact) mass is 461 g/mol. The molecule has 1 saturated heterocycles. The summed E-state index contributed by atoms with van der Waals surface area (Å²) in [4.78, 5) is 34.1. The lowest BCUT2D eigenvalue weighted by Gasteiger charge is -2.27. The zero-order valence-corrected chi connectivity index (χ0v) is 19.8. The van der Waals surface area contributed by atoms with Crippen LogP contribution in [0.2, 0.25) is 0 Å². The van der Waals surface area contributed by atoms with Gasteiger partial charge in [0, 0.05) is 12.6 Å². The number of ether oxygens (including phenoxy) is 1. The third-order valence-electron chi connectivity index (χ3n) is 6.51. The van der Waals surface area contributed by atoms with Gasteiger partial charge in [0.05, 0.1) is 28.6 Å². The van der Waals surface area contributed by atoms with E-state index in [0.29, 0.717) is 29.5 Å². The van der Waals surface area contributed by atoms with Crippen LogP contribution in [0.3, 0.4) is 0 Å². The number of carbonyl (C=O) groups is 2. The lowest BCUT2D eigenvalue weighted by Crippen LogP contribution is -2.45. The zero-order chi connectivity index (χ0) is 23.1. The number of rotatable bonds is 6. The minimum absolute atomic E-state index is 0.0302. The maximum Gasteiger partial charge on any atom is 0.274 e. The van der Waals surface area contributed by atoms with Crippen LogP contribution in [-0.2, 0) is 0 Å². The minimum Gasteiger partial charge on any atom is -0.496 e. The number of aromatic nitrogens is 1. The number of benzene rings is 2. The van der Waals surface area contributed by atoms with Gasteiger partial charge in [0.25, 0.3) is 11.8 Å². The summed E-state index contributed by atoms with van der Waals surface area (Å²) in [7, 11) is 1.55. The molecular weight excluding hydrogens is 434 g/mol. The number of para-hydroxylation sites is 1. The van der Waals surface area contributed by atoms with Crippen LogP contribution in [0.15, 0.2) is 48.5 Å². The fourth-order valence-corrected chi connectivity index (χ4v) is 5.78. The number of piperidine rings is 1. The van der Waals surface area contributed by atoms with Gasteiger partial charge >= 0.3 is 0 Å². The van der Waals surface area contributed by atoms with Crippen molar-refractivity contribution in [1.82, 2.24) is 15.2 Å². The predicted molar refractivity (Wildman–Crippen MR) is 129 cm³/mol. The number of amides is 2. The molecule has 1 aliphatic heterocycles. The molecule has 3 atom stereocenters. The van der Waals surface area contributed by atoms with E-state index in [9.17, 15) is 9.59 Å². The number of nitrogens with zero attached hydrogens (tertiary/aromatic N) is 2. The van der Waals surface area contributed by atoms with Gasteiger partial charge in [-0.1, -0.05) is 42.0 Å². The molecule has 1 aliphatic carbocycles. The first-order chi connectivity index (χ1) is 16.0. The van der Waals surface area contributed by atoms with E-state index < -0.39 is 0 Å². The van der Waals surface area contributed by atoms with Gasteiger partial charge < -0.3 is 15.0 Å². The van der Waals surface area contributed by atoms with E-state index in [-0.39, 0.29) is 23.9 Å². The molecule has 0 bridgehead atoms. The van der Waals surface area contributed by atoms with Crippen LogP contribution in [0, 0.1) is 19.8 Å². The summed E-state index contributed by atoms with van der Waals surface area (Å²) in [5.74, 6) is 0.838. The molecular formula is C26H27N3O3S. The summed E-state index contributed by atoms with van der Waals surface area (Å²) >= 11 is 1.56. The standard InChI is InChI=1S/C26H27N3O3S/c1-15-7-6-8-17(11-15)24-23(28-16(2)33-24)26(31)29-19(12-18-13-21(18)29)14-27-25(30)20-9-4-5-10-22(20)32-3/h4-11,18-19,21H,12-14H2,1-3H3,(H,27,30)/t18-,19+,21+/m1/s1. The topological polar surface area (TPSA) is 71.5 Å². The smallest absolute Gasteiger partial charge is 0.274 e. The Kier molecular flexibility index (Phi) is 5.66. The number of methoxy groups -OCH3 is 1. The first-order valence-electron chi connectivity index (χ1n) is 11.2. The first kappa shape index (κ1) is 21.6. The fraction of sp³-hybridized carbons (Fsp3) is 0.346. The maximum atomic E-state index is 13.7. The van der Waals surface area contributed by atoms with Crippen molar-refractivity contribution in [3.63, 3.8) is 0 Å². The largest absolute Gasteiger partial charge is 0.496 e. The Balaban J connectivity index is 1.36. The molecule has 0 spiro atoms. The lowest BCUT2D eigenvalue weighted by atomic mass is 10.1. The molecule has 5 rings (SSSR count). The molecule has 7 heteroatoms. The SMILES string of the molecule is COc1ccccc1C(=O)NC[C@@H]1C[C@@H]2C[C@@H]2N1C(=O)c1nc(C)sc1-c1cccc(C)c1. The second-order valence-corrected chi connectivity index (χ2v) is 10.1. The van der Waals surface area contributed by atoms with Crippen LogP contribution in [0.1, 0.15) is 44.3 Å². The molecule has 1 N–H and O–H groups in total. The van der Waals surface area contributed by atoms with Crippen molar-refractivity contribution in [1.29, 1.82) is 0 Å². The Hall–Kier alpha value is -3.19. The Labute approximate surface area is 197 Å². The van der Waals surface area contributed by atoms with Crippen LogP contribution >= 0.6 is 11.3 Å². The predicted octanol–water partition coefficient (Wildman–Crippen LogP) is 4.47. The van der Waals surface area contributed by atoms with Crippen LogP contribution in [0.5, 0.6) is 5.75 Å². The van der Waals surface area contributed by atoms with E-state index in [1.807, 2.05) is 36.1 Å². The Bertz CT molecular complexity index is 1220. The number of thiazole rings is 1. The molecule has 2 heterocycles. The van der Waals surface area contributed by atoms with Crippen molar-refractivity contribution in [3.05, 3.63) is 70.4 Å². The van der Waals surface area contributed by atoms with Crippen molar-refractivity contribution in [2.75, 3.05) is 13.7 Å². The molecule has 2 fully saturated rings. The van der Waals surface area contributed by atoms with E-state index in [1.54, 1.807) is 30.6 Å². The number of carbonyl (C=O) groups excluding carboxylic acids is 2. The number of hydrogen-bond donors (Lipinski definition) is 1. The Morgan fingerprint density at radius 1 is 1.15 bits per heavy atom. The molecule has 33 heavy (non-hydrogen) atoms. The van der Waals surface area contributed by atoms with Gasteiger partial charge in [-0.05, 0) is 50.3 Å². The van der Waals surface area contributed by atoms with Gasteiger partial charge in [-0.15, -0.1) is 11.3 Å². The minimum atomic E-state index is -0.189. The normalized spacial score (nSPS) is 20.9. The van der Waals surface area contributed by atoms with Crippen LogP contribution in [-0.4, -0.2) is 47.4 Å². The third-order valence-corrected chi connectivity index (χ3v) is 7.53. The van der Waals surface area contributed by atoms with Gasteiger partial charge in [0.1, 0.15) is 11.4 Å². The molecule has 0 radical (unpaired) electrons. The summed E-state index contributed by atoms with van der Waals surface area (Å²) < 4.78 is 5.31. The van der Waals surface area contributed by atoms with E-state index in [4.69, 9.17) is 4.74 Å². The van der Waals surface area contributed by atoms with E-state index >= 15 is 0 Å². The average molecular weight is 462 g/mol. The van der Waals surface area contributed by atoms with Crippen molar-refractivity contribution < 1.29 is 14.3 Å². The van der Waals surface area contributed by atoms with Gasteiger partial charge in [-0.25, -0.2) is 4.98 Å². The van der Waals surface area contributed by atoms with Gasteiger partial charge in [-0.2, -0.15) is 0 Å². The van der Waals surface area contributed by atoms with Crippen molar-refractivity contribution >= 4 is 23.2 Å². The first-order valence-corrected chi connectivity index (χ1v) is 12.1. The highest BCUT2D eigenvalue weighted by Crippen LogP contribution is 2.48. The van der Waals surface area contributed by atoms with E-state index in [2.05, 4.69) is 29.4 Å². The lowest BCUT2D eigenvalue weighted by molar-refractivity contribution is 0.0684. The number of fused-ring (bicyclic) bond motifs is 1. The van der Waals surface area contributed by atoms with Crippen LogP contribution in [0.4, 0.5) is 0 Å². The molecule has 2 aliphatic rings. The molecule has 1 aromatic heterocycles. The van der Waals surface area contributed by atoms with Gasteiger partial charge in [0.15, 0.2) is 0 Å². The second kappa shape index (κ2) is 8.63. The number of hydrogen-bond acceptors (Lipinski definition) is 5. The molecule has 2 amide bonds. The molecule has 1 saturated carbocycles. The zero-order valence-electron chi connectivity index (χ0n) is 19.0. The van der Waals surface area contributed by atoms with Crippen molar-refractivity contribution in [3.8, 4) is 16.2 Å². The van der Waals surface area contributed by atoms with E-state index in [0.717, 1.165) is 33.9 Å². The Morgan fingerprint density at radius 2 is 1.97 bits per heavy atom. The maximum absolute atomic E-state index is 13.7. The summed E-state index contributed by atoms with van der Waals surface area (Å²) in [5.41, 5.74) is 3.20. The summed E-state index contributed by atoms with van der Waals surface area (Å²) in [6.45, 7) is 4.41. The number of nitrogens with one attached hydrogen (secondary N) is 1. The van der Waals surface area contributed by atoms with Gasteiger partial charge in [-0.3, -0.25) is 9.59 Å². The summed E-state index contributed by atoms with van der Waals surface area (Å²) in [6, 6.07) is 15.6. The highest BCUT2D eigenvalue weighted by Gasteiger charge is 2.54. The highest BCUT2D eigenvalue weighted by molar-refractivity contribution is 7.15. The van der Waals surface area contributed by atoms with Gasteiger partial charge in [0.2, 0.25) is 0 Å². The number of likely N-dealkylation sites (tertiary alicyclic amines) is 1. The molecule has 0 unspecified atom stereocenters. The third kappa shape index (κ3) is 4.13. The average Bonchev–Trinajstić information content (AvgIpc) is 3.30. The molecule has 170 valence electrons. The molecule has 6 nitrogen and oxygen atoms in total. The van der Waals surface area contributed by atoms with Crippen molar-refractivity contribution in [2.45, 2.75) is 38.8 Å². The Morgan fingerprint density at radius 3 is 2.76 bits per heavy atom. The summed E-state index contributed by atoms with van der Waals surface area (Å²) in [6.07, 6.45) is 1.94. The number of aryl methyl sites for hydroxylation is 2. The van der Waals surface area contributed by atoms with Crippen LogP contribution in [0.25, 0.3) is 10.4 Å². The quantitative estimate of drug-likeness (QED) is 0.588. The van der Waals surface area contributed by atoms with E-state index in [1.165, 1.54) is 0 Å². The van der Waals surface area contributed by atoms with Crippen molar-refractivity contribution in [2.24, 2.45) is 5.92 Å². The van der Waals surface area contributed by atoms with Crippen LogP contribution < -0.4 is 10.1 Å². The highest BCUT2D eigenvalue weighted by atomic mass is 32.1. The molecule has 3 aromatic rings. The molecule has 2 aromatic carbocycles.